The second-order valence-corrected chi connectivity index (χ2v) is 5.80. The number of anilines is 1. The molecule has 2 aromatic heterocycles. The number of carbonyl (C=O) groups excluding carboxylic acids is 1. The summed E-state index contributed by atoms with van der Waals surface area (Å²) in [5, 5.41) is 5.25. The van der Waals surface area contributed by atoms with Crippen molar-refractivity contribution in [3.8, 4) is 0 Å². The fourth-order valence-electron chi connectivity index (χ4n) is 1.76. The van der Waals surface area contributed by atoms with Crippen LogP contribution >= 0.6 is 22.9 Å². The molecule has 0 fully saturated rings. The zero-order valence-electron chi connectivity index (χ0n) is 10.9. The monoisotopic (exact) mass is 310 g/mol. The van der Waals surface area contributed by atoms with Gasteiger partial charge in [0, 0.05) is 23.5 Å². The SMILES string of the molecule is CC(Cc1cccs1)NC(=O)c1cnc(NN)c(Cl)c1. The van der Waals surface area contributed by atoms with Gasteiger partial charge in [0.25, 0.3) is 5.91 Å². The molecule has 0 aliphatic rings. The molecular formula is C13H15ClN4OS. The van der Waals surface area contributed by atoms with Gasteiger partial charge in [0.15, 0.2) is 5.82 Å². The Morgan fingerprint density at radius 1 is 1.60 bits per heavy atom. The summed E-state index contributed by atoms with van der Waals surface area (Å²) in [4.78, 5) is 17.3. The summed E-state index contributed by atoms with van der Waals surface area (Å²) in [6.45, 7) is 1.96. The number of nitrogens with one attached hydrogen (secondary N) is 2. The average Bonchev–Trinajstić information content (AvgIpc) is 2.91. The van der Waals surface area contributed by atoms with Crippen LogP contribution in [-0.2, 0) is 6.42 Å². The third-order valence-electron chi connectivity index (χ3n) is 2.71. The number of pyridine rings is 1. The predicted octanol–water partition coefficient (Wildman–Crippen LogP) is 2.44. The minimum atomic E-state index is -0.202. The molecule has 7 heteroatoms. The Balaban J connectivity index is 1.99. The number of nitrogen functional groups attached to an aromatic ring is 1. The average molecular weight is 311 g/mol. The molecule has 1 atom stereocenters. The maximum Gasteiger partial charge on any atom is 0.253 e. The Morgan fingerprint density at radius 3 is 3.00 bits per heavy atom. The summed E-state index contributed by atoms with van der Waals surface area (Å²) < 4.78 is 0. The highest BCUT2D eigenvalue weighted by atomic mass is 35.5. The van der Waals surface area contributed by atoms with Crippen LogP contribution in [-0.4, -0.2) is 16.9 Å². The maximum absolute atomic E-state index is 12.1. The van der Waals surface area contributed by atoms with Crippen molar-refractivity contribution in [2.24, 2.45) is 5.84 Å². The highest BCUT2D eigenvalue weighted by Crippen LogP contribution is 2.19. The number of amides is 1. The predicted molar refractivity (Wildman–Crippen MR) is 82.0 cm³/mol. The molecule has 1 amide bonds. The van der Waals surface area contributed by atoms with Crippen LogP contribution in [0.3, 0.4) is 0 Å². The van der Waals surface area contributed by atoms with E-state index in [9.17, 15) is 4.79 Å². The van der Waals surface area contributed by atoms with Gasteiger partial charge >= 0.3 is 0 Å². The lowest BCUT2D eigenvalue weighted by Crippen LogP contribution is -2.34. The fraction of sp³-hybridized carbons (Fsp3) is 0.231. The lowest BCUT2D eigenvalue weighted by Gasteiger charge is -2.13. The van der Waals surface area contributed by atoms with Crippen LogP contribution in [0.2, 0.25) is 5.02 Å². The molecule has 0 aliphatic heterocycles. The molecule has 2 aromatic rings. The second-order valence-electron chi connectivity index (χ2n) is 4.36. The molecule has 5 nitrogen and oxygen atoms in total. The first-order valence-electron chi connectivity index (χ1n) is 6.05. The number of hydrogen-bond donors (Lipinski definition) is 3. The van der Waals surface area contributed by atoms with E-state index in [1.54, 1.807) is 11.3 Å². The first kappa shape index (κ1) is 14.8. The Kier molecular flexibility index (Phi) is 4.94. The molecule has 0 saturated carbocycles. The molecule has 106 valence electrons. The van der Waals surface area contributed by atoms with Gasteiger partial charge in [-0.3, -0.25) is 4.79 Å². The summed E-state index contributed by atoms with van der Waals surface area (Å²) in [6.07, 6.45) is 2.24. The van der Waals surface area contributed by atoms with Gasteiger partial charge in [0.1, 0.15) is 0 Å². The van der Waals surface area contributed by atoms with E-state index in [0.29, 0.717) is 16.4 Å². The fourth-order valence-corrected chi connectivity index (χ4v) is 2.81. The highest BCUT2D eigenvalue weighted by molar-refractivity contribution is 7.09. The quantitative estimate of drug-likeness (QED) is 0.585. The summed E-state index contributed by atoms with van der Waals surface area (Å²) in [5.74, 6) is 5.38. The third-order valence-corrected chi connectivity index (χ3v) is 3.89. The molecule has 0 radical (unpaired) electrons. The Hall–Kier alpha value is -1.63. The van der Waals surface area contributed by atoms with Crippen molar-refractivity contribution < 1.29 is 4.79 Å². The molecule has 0 saturated heterocycles. The van der Waals surface area contributed by atoms with Gasteiger partial charge in [-0.2, -0.15) is 0 Å². The zero-order chi connectivity index (χ0) is 14.5. The molecular weight excluding hydrogens is 296 g/mol. The maximum atomic E-state index is 12.1. The van der Waals surface area contributed by atoms with E-state index < -0.39 is 0 Å². The summed E-state index contributed by atoms with van der Waals surface area (Å²) in [5.41, 5.74) is 2.77. The lowest BCUT2D eigenvalue weighted by atomic mass is 10.2. The largest absolute Gasteiger partial charge is 0.349 e. The summed E-state index contributed by atoms with van der Waals surface area (Å²) in [7, 11) is 0. The van der Waals surface area contributed by atoms with Gasteiger partial charge in [-0.15, -0.1) is 11.3 Å². The smallest absolute Gasteiger partial charge is 0.253 e. The van der Waals surface area contributed by atoms with Gasteiger partial charge in [-0.25, -0.2) is 10.8 Å². The van der Waals surface area contributed by atoms with Crippen molar-refractivity contribution in [2.45, 2.75) is 19.4 Å². The number of nitrogens with two attached hydrogens (primary N) is 1. The van der Waals surface area contributed by atoms with E-state index in [-0.39, 0.29) is 11.9 Å². The first-order chi connectivity index (χ1) is 9.60. The normalized spacial score (nSPS) is 11.9. The third kappa shape index (κ3) is 3.69. The van der Waals surface area contributed by atoms with Crippen LogP contribution in [0.15, 0.2) is 29.8 Å². The van der Waals surface area contributed by atoms with E-state index in [0.717, 1.165) is 6.42 Å². The van der Waals surface area contributed by atoms with Gasteiger partial charge < -0.3 is 10.7 Å². The van der Waals surface area contributed by atoms with Gasteiger partial charge in [0.2, 0.25) is 0 Å². The number of hydrazine groups is 1. The molecule has 0 spiro atoms. The first-order valence-corrected chi connectivity index (χ1v) is 7.31. The molecule has 1 unspecified atom stereocenters. The van der Waals surface area contributed by atoms with Crippen molar-refractivity contribution in [1.29, 1.82) is 0 Å². The van der Waals surface area contributed by atoms with Crippen LogP contribution in [0.1, 0.15) is 22.2 Å². The van der Waals surface area contributed by atoms with E-state index in [2.05, 4.69) is 15.7 Å². The minimum absolute atomic E-state index is 0.0345. The van der Waals surface area contributed by atoms with E-state index in [1.807, 2.05) is 24.4 Å². The van der Waals surface area contributed by atoms with Crippen molar-refractivity contribution in [3.05, 3.63) is 45.2 Å². The van der Waals surface area contributed by atoms with Crippen LogP contribution in [0, 0.1) is 0 Å². The Bertz CT molecular complexity index is 588. The lowest BCUT2D eigenvalue weighted by molar-refractivity contribution is 0.0940. The Labute approximate surface area is 126 Å². The molecule has 0 aliphatic carbocycles. The number of nitrogens with zero attached hydrogens (tertiary/aromatic N) is 1. The van der Waals surface area contributed by atoms with Crippen molar-refractivity contribution >= 4 is 34.7 Å². The molecule has 2 heterocycles. The van der Waals surface area contributed by atoms with Crippen molar-refractivity contribution in [2.75, 3.05) is 5.43 Å². The second kappa shape index (κ2) is 6.69. The number of rotatable bonds is 5. The topological polar surface area (TPSA) is 80.0 Å². The van der Waals surface area contributed by atoms with Gasteiger partial charge in [0.05, 0.1) is 10.6 Å². The van der Waals surface area contributed by atoms with Crippen LogP contribution in [0.5, 0.6) is 0 Å². The molecule has 2 rings (SSSR count). The van der Waals surface area contributed by atoms with Crippen LogP contribution < -0.4 is 16.6 Å². The number of halogens is 1. The summed E-state index contributed by atoms with van der Waals surface area (Å²) >= 11 is 7.62. The van der Waals surface area contributed by atoms with E-state index in [1.165, 1.54) is 17.1 Å². The summed E-state index contributed by atoms with van der Waals surface area (Å²) in [6, 6.07) is 5.62. The number of thiophene rings is 1. The van der Waals surface area contributed by atoms with Crippen molar-refractivity contribution in [3.63, 3.8) is 0 Å². The van der Waals surface area contributed by atoms with Gasteiger partial charge in [-0.05, 0) is 24.4 Å². The zero-order valence-corrected chi connectivity index (χ0v) is 12.5. The van der Waals surface area contributed by atoms with Crippen molar-refractivity contribution in [1.82, 2.24) is 10.3 Å². The molecule has 0 bridgehead atoms. The standard InChI is InChI=1S/C13H15ClN4OS/c1-8(5-10-3-2-4-20-10)17-13(19)9-6-11(14)12(18-15)16-7-9/h2-4,6-8H,5,15H2,1H3,(H,16,18)(H,17,19). The molecule has 4 N–H and O–H groups in total. The van der Waals surface area contributed by atoms with E-state index in [4.69, 9.17) is 17.4 Å². The van der Waals surface area contributed by atoms with E-state index >= 15 is 0 Å². The number of aromatic nitrogens is 1. The van der Waals surface area contributed by atoms with Gasteiger partial charge in [-0.1, -0.05) is 17.7 Å². The highest BCUT2D eigenvalue weighted by Gasteiger charge is 2.13. The van der Waals surface area contributed by atoms with Crippen LogP contribution in [0.25, 0.3) is 0 Å². The molecule has 20 heavy (non-hydrogen) atoms. The Morgan fingerprint density at radius 2 is 2.40 bits per heavy atom. The molecule has 0 aromatic carbocycles. The number of hydrogen-bond acceptors (Lipinski definition) is 5. The number of carbonyl (C=O) groups is 1. The van der Waals surface area contributed by atoms with Crippen LogP contribution in [0.4, 0.5) is 5.82 Å². The minimum Gasteiger partial charge on any atom is -0.349 e.